The maximum Gasteiger partial charge on any atom is 0.248 e. The van der Waals surface area contributed by atoms with E-state index in [-0.39, 0.29) is 4.99 Å². The summed E-state index contributed by atoms with van der Waals surface area (Å²) in [4.78, 5) is 15.2. The molecule has 1 aromatic heterocycles. The minimum Gasteiger partial charge on any atom is -0.388 e. The SMILES string of the molecule is NC(=O)c1ccc(Nc2ccnc(C(N)=S)c2)cc1. The van der Waals surface area contributed by atoms with E-state index in [1.807, 2.05) is 0 Å². The summed E-state index contributed by atoms with van der Waals surface area (Å²) in [7, 11) is 0. The van der Waals surface area contributed by atoms with Crippen LogP contribution in [0.3, 0.4) is 0 Å². The Kier molecular flexibility index (Phi) is 3.72. The molecule has 0 spiro atoms. The topological polar surface area (TPSA) is 94.0 Å². The number of carbonyl (C=O) groups is 1. The highest BCUT2D eigenvalue weighted by atomic mass is 32.1. The zero-order chi connectivity index (χ0) is 13.8. The molecular weight excluding hydrogens is 260 g/mol. The maximum absolute atomic E-state index is 11.0. The summed E-state index contributed by atoms with van der Waals surface area (Å²) < 4.78 is 0. The molecule has 0 fully saturated rings. The number of nitrogens with one attached hydrogen (secondary N) is 1. The van der Waals surface area contributed by atoms with Crippen LogP contribution in [0.5, 0.6) is 0 Å². The zero-order valence-electron chi connectivity index (χ0n) is 9.96. The average molecular weight is 272 g/mol. The molecule has 6 heteroatoms. The molecule has 0 saturated carbocycles. The van der Waals surface area contributed by atoms with E-state index in [1.165, 1.54) is 0 Å². The second kappa shape index (κ2) is 5.45. The Morgan fingerprint density at radius 1 is 1.11 bits per heavy atom. The van der Waals surface area contributed by atoms with Crippen LogP contribution in [0.4, 0.5) is 11.4 Å². The van der Waals surface area contributed by atoms with Crippen LogP contribution < -0.4 is 16.8 Å². The third-order valence-corrected chi connectivity index (χ3v) is 2.68. The third kappa shape index (κ3) is 3.26. The van der Waals surface area contributed by atoms with Crippen LogP contribution in [0, 0.1) is 0 Å². The van der Waals surface area contributed by atoms with Gasteiger partial charge in [0.15, 0.2) is 0 Å². The van der Waals surface area contributed by atoms with Gasteiger partial charge in [-0.1, -0.05) is 12.2 Å². The van der Waals surface area contributed by atoms with E-state index in [0.717, 1.165) is 11.4 Å². The zero-order valence-corrected chi connectivity index (χ0v) is 10.8. The fourth-order valence-corrected chi connectivity index (χ4v) is 1.64. The Morgan fingerprint density at radius 2 is 1.79 bits per heavy atom. The minimum absolute atomic E-state index is 0.243. The number of anilines is 2. The first-order valence-corrected chi connectivity index (χ1v) is 5.90. The lowest BCUT2D eigenvalue weighted by Gasteiger charge is -2.07. The summed E-state index contributed by atoms with van der Waals surface area (Å²) in [6, 6.07) is 10.4. The van der Waals surface area contributed by atoms with Crippen LogP contribution in [0.15, 0.2) is 42.6 Å². The lowest BCUT2D eigenvalue weighted by molar-refractivity contribution is 0.100. The number of nitrogens with zero attached hydrogens (tertiary/aromatic N) is 1. The Bertz CT molecular complexity index is 625. The van der Waals surface area contributed by atoms with Crippen molar-refractivity contribution in [1.82, 2.24) is 4.98 Å². The number of amides is 1. The molecule has 5 nitrogen and oxygen atoms in total. The molecule has 1 aromatic carbocycles. The first-order chi connectivity index (χ1) is 9.06. The van der Waals surface area contributed by atoms with Gasteiger partial charge in [-0.3, -0.25) is 9.78 Å². The van der Waals surface area contributed by atoms with Crippen molar-refractivity contribution in [2.45, 2.75) is 0 Å². The molecule has 1 amide bonds. The summed E-state index contributed by atoms with van der Waals surface area (Å²) in [5.41, 5.74) is 13.3. The summed E-state index contributed by atoms with van der Waals surface area (Å²) in [6.45, 7) is 0. The number of thiocarbonyl (C=S) groups is 1. The number of hydrogen-bond acceptors (Lipinski definition) is 4. The second-order valence-electron chi connectivity index (χ2n) is 3.86. The molecule has 0 atom stereocenters. The second-order valence-corrected chi connectivity index (χ2v) is 4.30. The number of primary amides is 1. The largest absolute Gasteiger partial charge is 0.388 e. The highest BCUT2D eigenvalue weighted by molar-refractivity contribution is 7.80. The van der Waals surface area contributed by atoms with Crippen LogP contribution in [0.2, 0.25) is 0 Å². The number of carbonyl (C=O) groups excluding carboxylic acids is 1. The normalized spacial score (nSPS) is 9.89. The molecule has 0 unspecified atom stereocenters. The van der Waals surface area contributed by atoms with Crippen molar-refractivity contribution in [3.05, 3.63) is 53.9 Å². The van der Waals surface area contributed by atoms with Crippen molar-refractivity contribution >= 4 is 34.5 Å². The minimum atomic E-state index is -0.453. The van der Waals surface area contributed by atoms with Crippen molar-refractivity contribution in [3.63, 3.8) is 0 Å². The number of rotatable bonds is 4. The van der Waals surface area contributed by atoms with Crippen LogP contribution in [0.25, 0.3) is 0 Å². The fraction of sp³-hybridized carbons (Fsp3) is 0. The maximum atomic E-state index is 11.0. The molecule has 0 aliphatic heterocycles. The highest BCUT2D eigenvalue weighted by Crippen LogP contribution is 2.17. The van der Waals surface area contributed by atoms with E-state index in [9.17, 15) is 4.79 Å². The van der Waals surface area contributed by atoms with E-state index >= 15 is 0 Å². The molecule has 0 aliphatic carbocycles. The lowest BCUT2D eigenvalue weighted by atomic mass is 10.2. The number of aromatic nitrogens is 1. The predicted molar refractivity (Wildman–Crippen MR) is 78.4 cm³/mol. The lowest BCUT2D eigenvalue weighted by Crippen LogP contribution is -2.11. The van der Waals surface area contributed by atoms with Gasteiger partial charge in [-0.2, -0.15) is 0 Å². The monoisotopic (exact) mass is 272 g/mol. The number of hydrogen-bond donors (Lipinski definition) is 3. The third-order valence-electron chi connectivity index (χ3n) is 2.47. The van der Waals surface area contributed by atoms with Crippen molar-refractivity contribution in [3.8, 4) is 0 Å². The summed E-state index contributed by atoms with van der Waals surface area (Å²) in [5, 5.41) is 3.16. The van der Waals surface area contributed by atoms with E-state index in [1.54, 1.807) is 42.6 Å². The highest BCUT2D eigenvalue weighted by Gasteiger charge is 2.02. The van der Waals surface area contributed by atoms with Gasteiger partial charge in [0.2, 0.25) is 5.91 Å². The molecule has 2 rings (SSSR count). The molecule has 0 aliphatic rings. The van der Waals surface area contributed by atoms with Crippen molar-refractivity contribution in [1.29, 1.82) is 0 Å². The van der Waals surface area contributed by atoms with Gasteiger partial charge in [0.05, 0.1) is 5.69 Å². The van der Waals surface area contributed by atoms with Gasteiger partial charge in [0.1, 0.15) is 4.99 Å². The molecule has 0 radical (unpaired) electrons. The van der Waals surface area contributed by atoms with Crippen LogP contribution in [-0.2, 0) is 0 Å². The van der Waals surface area contributed by atoms with Gasteiger partial charge in [0, 0.05) is 23.1 Å². The quantitative estimate of drug-likeness (QED) is 0.734. The Morgan fingerprint density at radius 3 is 2.37 bits per heavy atom. The van der Waals surface area contributed by atoms with E-state index in [0.29, 0.717) is 11.3 Å². The van der Waals surface area contributed by atoms with Crippen molar-refractivity contribution in [2.24, 2.45) is 11.5 Å². The molecule has 5 N–H and O–H groups in total. The van der Waals surface area contributed by atoms with Crippen LogP contribution >= 0.6 is 12.2 Å². The Hall–Kier alpha value is -2.47. The summed E-state index contributed by atoms with van der Waals surface area (Å²) in [6.07, 6.45) is 1.62. The predicted octanol–water partition coefficient (Wildman–Crippen LogP) is 1.56. The fourth-order valence-electron chi connectivity index (χ4n) is 1.53. The van der Waals surface area contributed by atoms with Crippen LogP contribution in [-0.4, -0.2) is 15.9 Å². The number of pyridine rings is 1. The molecule has 2 aromatic rings. The van der Waals surface area contributed by atoms with Crippen molar-refractivity contribution < 1.29 is 4.79 Å². The van der Waals surface area contributed by atoms with E-state index in [2.05, 4.69) is 10.3 Å². The van der Waals surface area contributed by atoms with E-state index < -0.39 is 5.91 Å². The molecular formula is C13H12N4OS. The first-order valence-electron chi connectivity index (χ1n) is 5.49. The average Bonchev–Trinajstić information content (AvgIpc) is 2.39. The van der Waals surface area contributed by atoms with Crippen LogP contribution in [0.1, 0.15) is 16.1 Å². The van der Waals surface area contributed by atoms with Gasteiger partial charge in [-0.15, -0.1) is 0 Å². The van der Waals surface area contributed by atoms with Gasteiger partial charge >= 0.3 is 0 Å². The van der Waals surface area contributed by atoms with Gasteiger partial charge in [0.25, 0.3) is 0 Å². The smallest absolute Gasteiger partial charge is 0.248 e. The summed E-state index contributed by atoms with van der Waals surface area (Å²) in [5.74, 6) is -0.453. The number of nitrogens with two attached hydrogens (primary N) is 2. The molecule has 96 valence electrons. The van der Waals surface area contributed by atoms with E-state index in [4.69, 9.17) is 23.7 Å². The molecule has 1 heterocycles. The standard InChI is InChI=1S/C13H12N4OS/c14-12(18)8-1-3-9(4-2-8)17-10-5-6-16-11(7-10)13(15)19/h1-7H,(H2,14,18)(H2,15,19)(H,16,17). The van der Waals surface area contributed by atoms with Gasteiger partial charge in [-0.05, 0) is 36.4 Å². The molecule has 0 bridgehead atoms. The number of benzene rings is 1. The summed E-state index contributed by atoms with van der Waals surface area (Å²) >= 11 is 4.87. The van der Waals surface area contributed by atoms with Crippen molar-refractivity contribution in [2.75, 3.05) is 5.32 Å². The Balaban J connectivity index is 2.19. The molecule has 0 saturated heterocycles. The molecule has 19 heavy (non-hydrogen) atoms. The Labute approximate surface area is 115 Å². The van der Waals surface area contributed by atoms with Gasteiger partial charge in [-0.25, -0.2) is 0 Å². The first kappa shape index (κ1) is 13.0. The van der Waals surface area contributed by atoms with Gasteiger partial charge < -0.3 is 16.8 Å².